The molecule has 1 saturated carbocycles. The van der Waals surface area contributed by atoms with Crippen LogP contribution >= 0.6 is 0 Å². The molecule has 7 N–H and O–H groups in total. The third kappa shape index (κ3) is 3.48. The first-order chi connectivity index (χ1) is 18.2. The van der Waals surface area contributed by atoms with Gasteiger partial charge in [-0.1, -0.05) is 36.8 Å². The van der Waals surface area contributed by atoms with E-state index < -0.39 is 75.6 Å². The first kappa shape index (κ1) is 26.6. The number of hydrogen-bond donors (Lipinski definition) is 6. The van der Waals surface area contributed by atoms with Crippen LogP contribution in [0, 0.1) is 18.8 Å². The highest BCUT2D eigenvalue weighted by atomic mass is 16.4. The Balaban J connectivity index is 1.76. The van der Waals surface area contributed by atoms with Crippen molar-refractivity contribution in [2.45, 2.75) is 37.5 Å². The summed E-state index contributed by atoms with van der Waals surface area (Å²) < 4.78 is 0. The van der Waals surface area contributed by atoms with Gasteiger partial charge in [-0.15, -0.1) is 0 Å². The highest BCUT2D eigenvalue weighted by Crippen LogP contribution is 2.56. The summed E-state index contributed by atoms with van der Waals surface area (Å²) >= 11 is 0. The lowest BCUT2D eigenvalue weighted by molar-refractivity contribution is -0.169. The van der Waals surface area contributed by atoms with E-state index in [1.54, 1.807) is 13.0 Å². The zero-order valence-electron chi connectivity index (χ0n) is 21.8. The van der Waals surface area contributed by atoms with Crippen molar-refractivity contribution in [1.82, 2.24) is 4.90 Å². The normalized spacial score (nSPS) is 30.3. The smallest absolute Gasteiger partial charge is 0.255 e. The molecule has 10 nitrogen and oxygen atoms in total. The van der Waals surface area contributed by atoms with Crippen molar-refractivity contribution < 1.29 is 39.9 Å². The Morgan fingerprint density at radius 1 is 1.03 bits per heavy atom. The van der Waals surface area contributed by atoms with E-state index in [-0.39, 0.29) is 11.3 Å². The van der Waals surface area contributed by atoms with Gasteiger partial charge >= 0.3 is 0 Å². The number of Topliss-reactive ketones (excluding diaryl/α,β-unsaturated/α-hetero) is 2. The van der Waals surface area contributed by atoms with Crippen LogP contribution in [-0.2, 0) is 14.4 Å². The van der Waals surface area contributed by atoms with Crippen molar-refractivity contribution in [3.05, 3.63) is 70.0 Å². The Kier molecular flexibility index (Phi) is 5.98. The number of aliphatic hydroxyl groups excluding tert-OH is 3. The zero-order chi connectivity index (χ0) is 28.7. The Morgan fingerprint density at radius 2 is 1.64 bits per heavy atom. The summed E-state index contributed by atoms with van der Waals surface area (Å²) in [5.74, 6) is -9.09. The molecule has 0 radical (unpaired) electrons. The van der Waals surface area contributed by atoms with Crippen LogP contribution < -0.4 is 5.73 Å². The number of nitrogens with two attached hydrogens (primary N) is 1. The quantitative estimate of drug-likeness (QED) is 0.318. The Morgan fingerprint density at radius 3 is 2.21 bits per heavy atom. The van der Waals surface area contributed by atoms with Crippen LogP contribution in [0.25, 0.3) is 16.9 Å². The fraction of sp³-hybridized carbons (Fsp3) is 0.345. The number of ketones is 2. The summed E-state index contributed by atoms with van der Waals surface area (Å²) in [5, 5.41) is 56.7. The number of carbonyl (C=O) groups excluding carboxylic acids is 3. The number of aliphatic hydroxyl groups is 4. The number of benzene rings is 2. The Hall–Kier alpha value is -3.99. The number of phenols is 1. The Labute approximate surface area is 224 Å². The number of nitrogens with zero attached hydrogens (tertiary/aromatic N) is 1. The molecular weight excluding hydrogens is 504 g/mol. The van der Waals surface area contributed by atoms with Gasteiger partial charge in [-0.05, 0) is 55.8 Å². The summed E-state index contributed by atoms with van der Waals surface area (Å²) in [7, 11) is 2.94. The minimum Gasteiger partial charge on any atom is -0.508 e. The van der Waals surface area contributed by atoms with Gasteiger partial charge in [-0.25, -0.2) is 0 Å². The van der Waals surface area contributed by atoms with E-state index in [0.29, 0.717) is 11.1 Å². The molecule has 5 rings (SSSR count). The number of primary amides is 1. The molecule has 6 unspecified atom stereocenters. The average Bonchev–Trinajstić information content (AvgIpc) is 2.86. The number of carbonyl (C=O) groups is 3. The number of hydrogen-bond acceptors (Lipinski definition) is 9. The summed E-state index contributed by atoms with van der Waals surface area (Å²) in [6.45, 7) is 3.65. The van der Waals surface area contributed by atoms with Crippen LogP contribution in [0.4, 0.5) is 0 Å². The van der Waals surface area contributed by atoms with Gasteiger partial charge < -0.3 is 31.3 Å². The number of likely N-dealkylation sites (N-methyl/N-ethyl adjacent to an activating group) is 1. The highest BCUT2D eigenvalue weighted by Gasteiger charge is 2.68. The molecule has 0 bridgehead atoms. The molecule has 1 amide bonds. The summed E-state index contributed by atoms with van der Waals surface area (Å²) in [5.41, 5.74) is 3.95. The van der Waals surface area contributed by atoms with Crippen LogP contribution in [0.2, 0.25) is 0 Å². The lowest BCUT2D eigenvalue weighted by Gasteiger charge is -2.53. The van der Waals surface area contributed by atoms with Gasteiger partial charge in [-0.3, -0.25) is 19.3 Å². The van der Waals surface area contributed by atoms with Gasteiger partial charge in [0.1, 0.15) is 22.8 Å². The molecule has 1 fully saturated rings. The molecule has 3 aliphatic carbocycles. The summed E-state index contributed by atoms with van der Waals surface area (Å²) in [4.78, 5) is 40.7. The average molecular weight is 535 g/mol. The zero-order valence-corrected chi connectivity index (χ0v) is 21.8. The molecular formula is C29H30N2O8. The van der Waals surface area contributed by atoms with Gasteiger partial charge in [0.15, 0.2) is 11.4 Å². The van der Waals surface area contributed by atoms with Crippen LogP contribution in [0.15, 0.2) is 53.3 Å². The molecule has 0 spiro atoms. The van der Waals surface area contributed by atoms with E-state index >= 15 is 0 Å². The molecule has 0 saturated heterocycles. The highest BCUT2D eigenvalue weighted by molar-refractivity contribution is 6.24. The fourth-order valence-electron chi connectivity index (χ4n) is 6.56. The predicted octanol–water partition coefficient (Wildman–Crippen LogP) is 1.47. The maximum Gasteiger partial charge on any atom is 0.255 e. The second kappa shape index (κ2) is 8.77. The minimum atomic E-state index is -2.93. The number of rotatable bonds is 3. The van der Waals surface area contributed by atoms with Crippen molar-refractivity contribution in [1.29, 1.82) is 0 Å². The predicted molar refractivity (Wildman–Crippen MR) is 141 cm³/mol. The first-order valence-electron chi connectivity index (χ1n) is 12.5. The van der Waals surface area contributed by atoms with Gasteiger partial charge in [0, 0.05) is 11.5 Å². The van der Waals surface area contributed by atoms with Gasteiger partial charge in [0.25, 0.3) is 5.91 Å². The topological polar surface area (TPSA) is 182 Å². The van der Waals surface area contributed by atoms with E-state index in [1.165, 1.54) is 25.1 Å². The van der Waals surface area contributed by atoms with Crippen molar-refractivity contribution in [2.24, 2.45) is 17.6 Å². The fourth-order valence-corrected chi connectivity index (χ4v) is 6.56. The molecule has 3 aliphatic rings. The van der Waals surface area contributed by atoms with Crippen molar-refractivity contribution in [3.63, 3.8) is 0 Å². The van der Waals surface area contributed by atoms with Gasteiger partial charge in [0.2, 0.25) is 5.78 Å². The SMILES string of the molecule is Cc1ccc(-c2cc(O)c3c(c2)C(C)C2C(=C3O)C(=O)C3(O)C(O)=C(C(N)=O)C(=O)C(N(C)C)C3C2O)cc1. The molecule has 10 heteroatoms. The number of phenolic OH excluding ortho intramolecular Hbond substituents is 1. The molecule has 2 aromatic rings. The standard InChI is InChI=1S/C29H30N2O8/c1-11-5-7-13(8-6-11)14-9-15-12(2)17-19(23(33)18(15)16(32)10-14)26(36)29(39)21(24(17)34)22(31(3)4)25(35)20(27(29)37)28(30)38/h5-10,12,17,21-22,24,32-34,37,39H,1-4H3,(H2,30,38). The number of aryl methyl sites for hydroxylation is 1. The van der Waals surface area contributed by atoms with E-state index in [4.69, 9.17) is 5.73 Å². The van der Waals surface area contributed by atoms with E-state index in [9.17, 15) is 39.9 Å². The van der Waals surface area contributed by atoms with Crippen molar-refractivity contribution >= 4 is 23.2 Å². The maximum absolute atomic E-state index is 14.0. The van der Waals surface area contributed by atoms with Gasteiger partial charge in [-0.2, -0.15) is 0 Å². The molecule has 6 atom stereocenters. The molecule has 0 heterocycles. The van der Waals surface area contributed by atoms with Gasteiger partial charge in [0.05, 0.1) is 23.6 Å². The molecule has 0 aromatic heterocycles. The maximum atomic E-state index is 14.0. The molecule has 0 aliphatic heterocycles. The lowest BCUT2D eigenvalue weighted by Crippen LogP contribution is -2.70. The van der Waals surface area contributed by atoms with Crippen LogP contribution in [0.1, 0.15) is 29.5 Å². The number of aromatic hydroxyl groups is 1. The minimum absolute atomic E-state index is 0.0400. The molecule has 39 heavy (non-hydrogen) atoms. The molecule has 204 valence electrons. The second-order valence-corrected chi connectivity index (χ2v) is 10.9. The summed E-state index contributed by atoms with van der Waals surface area (Å²) in [6, 6.07) is 9.40. The third-order valence-corrected chi connectivity index (χ3v) is 8.45. The largest absolute Gasteiger partial charge is 0.508 e. The second-order valence-electron chi connectivity index (χ2n) is 10.9. The third-order valence-electron chi connectivity index (χ3n) is 8.45. The van der Waals surface area contributed by atoms with Crippen LogP contribution in [0.5, 0.6) is 5.75 Å². The van der Waals surface area contributed by atoms with E-state index in [2.05, 4.69) is 0 Å². The van der Waals surface area contributed by atoms with Crippen molar-refractivity contribution in [3.8, 4) is 16.9 Å². The molecule has 2 aromatic carbocycles. The lowest BCUT2D eigenvalue weighted by atomic mass is 9.54. The van der Waals surface area contributed by atoms with E-state index in [0.717, 1.165) is 11.1 Å². The Bertz CT molecular complexity index is 1510. The number of amides is 1. The van der Waals surface area contributed by atoms with E-state index in [1.807, 2.05) is 31.2 Å². The van der Waals surface area contributed by atoms with Crippen LogP contribution in [-0.4, -0.2) is 79.7 Å². The van der Waals surface area contributed by atoms with Crippen LogP contribution in [0.3, 0.4) is 0 Å². The first-order valence-corrected chi connectivity index (χ1v) is 12.5. The number of fused-ring (bicyclic) bond motifs is 3. The summed E-state index contributed by atoms with van der Waals surface area (Å²) in [6.07, 6.45) is -1.63. The monoisotopic (exact) mass is 534 g/mol. The van der Waals surface area contributed by atoms with Crippen molar-refractivity contribution in [2.75, 3.05) is 14.1 Å².